The second-order valence-corrected chi connectivity index (χ2v) is 7.27. The zero-order valence-electron chi connectivity index (χ0n) is 16.2. The van der Waals surface area contributed by atoms with Crippen molar-refractivity contribution < 1.29 is 30.0 Å². The van der Waals surface area contributed by atoms with Crippen molar-refractivity contribution >= 4 is 16.9 Å². The number of H-pyrrole nitrogens is 1. The molecule has 3 aromatic rings. The van der Waals surface area contributed by atoms with Crippen LogP contribution >= 0.6 is 0 Å². The molecule has 0 spiro atoms. The predicted octanol–water partition coefficient (Wildman–Crippen LogP) is 0.104. The van der Waals surface area contributed by atoms with Crippen LogP contribution in [-0.4, -0.2) is 74.4 Å². The number of carbonyl (C=O) groups excluding carboxylic acids is 1. The molecule has 9 heteroatoms. The Morgan fingerprint density at radius 2 is 1.93 bits per heavy atom. The van der Waals surface area contributed by atoms with Crippen molar-refractivity contribution in [3.05, 3.63) is 53.6 Å². The number of aromatic nitrogens is 2. The lowest BCUT2D eigenvalue weighted by atomic mass is 9.90. The Morgan fingerprint density at radius 3 is 2.67 bits per heavy atom. The summed E-state index contributed by atoms with van der Waals surface area (Å²) in [6, 6.07) is 12.2. The molecule has 1 amide bonds. The fraction of sp³-hybridized carbons (Fsp3) is 0.333. The number of hydrogen-bond acceptors (Lipinski definition) is 7. The minimum atomic E-state index is -1.45. The molecule has 9 nitrogen and oxygen atoms in total. The first kappa shape index (κ1) is 20.5. The van der Waals surface area contributed by atoms with Gasteiger partial charge in [0.2, 0.25) is 0 Å². The maximum Gasteiger partial charge on any atom is 0.251 e. The molecule has 1 aliphatic heterocycles. The lowest BCUT2D eigenvalue weighted by molar-refractivity contribution is -0.231. The van der Waals surface area contributed by atoms with Gasteiger partial charge in [-0.05, 0) is 29.8 Å². The average molecular weight is 413 g/mol. The van der Waals surface area contributed by atoms with Gasteiger partial charge in [0.15, 0.2) is 0 Å². The van der Waals surface area contributed by atoms with Gasteiger partial charge < -0.3 is 35.5 Å². The zero-order valence-corrected chi connectivity index (χ0v) is 16.2. The molecular weight excluding hydrogens is 390 g/mol. The Balaban J connectivity index is 1.67. The highest BCUT2D eigenvalue weighted by atomic mass is 16.5. The normalized spacial score (nSPS) is 26.6. The largest absolute Gasteiger partial charge is 0.394 e. The van der Waals surface area contributed by atoms with E-state index >= 15 is 0 Å². The number of carbonyl (C=O) groups is 1. The van der Waals surface area contributed by atoms with Gasteiger partial charge in [0.25, 0.3) is 5.91 Å². The van der Waals surface area contributed by atoms with E-state index < -0.39 is 37.1 Å². The molecule has 0 aliphatic carbocycles. The molecule has 2 aromatic carbocycles. The van der Waals surface area contributed by atoms with Crippen molar-refractivity contribution in [3.8, 4) is 11.4 Å². The summed E-state index contributed by atoms with van der Waals surface area (Å²) in [7, 11) is 1.56. The summed E-state index contributed by atoms with van der Waals surface area (Å²) >= 11 is 0. The molecule has 30 heavy (non-hydrogen) atoms. The van der Waals surface area contributed by atoms with Crippen LogP contribution in [0.4, 0.5) is 0 Å². The van der Waals surface area contributed by atoms with Crippen LogP contribution in [0.15, 0.2) is 42.5 Å². The molecule has 1 saturated heterocycles. The molecule has 2 heterocycles. The number of nitrogens with zero attached hydrogens (tertiary/aromatic N) is 1. The SMILES string of the molecule is CNC(=O)c1ccc2nc(-c3cccc(C4OC(CO)C(O)C(O)C4O)c3)[nH]c2c1. The minimum Gasteiger partial charge on any atom is -0.394 e. The summed E-state index contributed by atoms with van der Waals surface area (Å²) in [6.07, 6.45) is -6.12. The molecule has 0 radical (unpaired) electrons. The number of hydrogen-bond donors (Lipinski definition) is 6. The number of rotatable bonds is 4. The summed E-state index contributed by atoms with van der Waals surface area (Å²) in [6.45, 7) is -0.488. The van der Waals surface area contributed by atoms with Crippen molar-refractivity contribution in [2.75, 3.05) is 13.7 Å². The Morgan fingerprint density at radius 1 is 1.13 bits per heavy atom. The molecule has 1 fully saturated rings. The second kappa shape index (κ2) is 8.13. The number of amides is 1. The summed E-state index contributed by atoms with van der Waals surface area (Å²) in [5, 5.41) is 42.4. The van der Waals surface area contributed by atoms with E-state index in [1.807, 2.05) is 6.07 Å². The third-order valence-electron chi connectivity index (χ3n) is 5.35. The highest BCUT2D eigenvalue weighted by molar-refractivity contribution is 5.97. The predicted molar refractivity (Wildman–Crippen MR) is 108 cm³/mol. The van der Waals surface area contributed by atoms with Gasteiger partial charge >= 0.3 is 0 Å². The van der Waals surface area contributed by atoms with Crippen molar-refractivity contribution in [2.45, 2.75) is 30.5 Å². The van der Waals surface area contributed by atoms with Crippen LogP contribution in [0.2, 0.25) is 0 Å². The van der Waals surface area contributed by atoms with E-state index in [9.17, 15) is 25.2 Å². The summed E-state index contributed by atoms with van der Waals surface area (Å²) in [5.74, 6) is 0.364. The van der Waals surface area contributed by atoms with Gasteiger partial charge in [-0.25, -0.2) is 4.98 Å². The lowest BCUT2D eigenvalue weighted by Gasteiger charge is -2.40. The minimum absolute atomic E-state index is 0.197. The van der Waals surface area contributed by atoms with Crippen LogP contribution in [0, 0.1) is 0 Å². The van der Waals surface area contributed by atoms with Crippen LogP contribution in [-0.2, 0) is 4.74 Å². The number of benzene rings is 2. The maximum atomic E-state index is 11.8. The van der Waals surface area contributed by atoms with Gasteiger partial charge in [-0.15, -0.1) is 0 Å². The van der Waals surface area contributed by atoms with E-state index in [0.717, 1.165) is 0 Å². The van der Waals surface area contributed by atoms with Crippen molar-refractivity contribution in [2.24, 2.45) is 0 Å². The van der Waals surface area contributed by atoms with E-state index in [2.05, 4.69) is 15.3 Å². The Kier molecular flexibility index (Phi) is 5.54. The van der Waals surface area contributed by atoms with Crippen LogP contribution in [0.1, 0.15) is 22.0 Å². The highest BCUT2D eigenvalue weighted by Gasteiger charge is 2.43. The molecule has 0 bridgehead atoms. The van der Waals surface area contributed by atoms with Crippen LogP contribution < -0.4 is 5.32 Å². The fourth-order valence-corrected chi connectivity index (χ4v) is 3.67. The molecule has 6 N–H and O–H groups in total. The smallest absolute Gasteiger partial charge is 0.251 e. The lowest BCUT2D eigenvalue weighted by Crippen LogP contribution is -2.55. The number of aliphatic hydroxyl groups is 4. The summed E-state index contributed by atoms with van der Waals surface area (Å²) in [4.78, 5) is 19.6. The van der Waals surface area contributed by atoms with Gasteiger partial charge in [0.05, 0.1) is 17.6 Å². The van der Waals surface area contributed by atoms with Crippen molar-refractivity contribution in [3.63, 3.8) is 0 Å². The molecule has 1 aliphatic rings. The van der Waals surface area contributed by atoms with Gasteiger partial charge in [-0.1, -0.05) is 18.2 Å². The van der Waals surface area contributed by atoms with E-state index in [1.54, 1.807) is 43.4 Å². The molecule has 5 atom stereocenters. The van der Waals surface area contributed by atoms with E-state index in [1.165, 1.54) is 0 Å². The van der Waals surface area contributed by atoms with Crippen LogP contribution in [0.25, 0.3) is 22.4 Å². The first-order valence-electron chi connectivity index (χ1n) is 9.55. The van der Waals surface area contributed by atoms with Crippen LogP contribution in [0.5, 0.6) is 0 Å². The second-order valence-electron chi connectivity index (χ2n) is 7.27. The number of nitrogens with one attached hydrogen (secondary N) is 2. The first-order chi connectivity index (χ1) is 14.4. The molecule has 0 saturated carbocycles. The third kappa shape index (κ3) is 3.57. The number of ether oxygens (including phenoxy) is 1. The summed E-state index contributed by atoms with van der Waals surface area (Å²) < 4.78 is 5.64. The molecular formula is C21H23N3O6. The molecule has 1 aromatic heterocycles. The van der Waals surface area contributed by atoms with E-state index in [4.69, 9.17) is 4.74 Å². The Bertz CT molecular complexity index is 1070. The van der Waals surface area contributed by atoms with Crippen molar-refractivity contribution in [1.82, 2.24) is 15.3 Å². The standard InChI is InChI=1S/C21H23N3O6/c1-22-21(29)12-5-6-13-14(8-12)24-20(23-13)11-4-2-3-10(7-11)19-18(28)17(27)16(26)15(9-25)30-19/h2-8,15-19,25-28H,9H2,1H3,(H,22,29)(H,23,24). The highest BCUT2D eigenvalue weighted by Crippen LogP contribution is 2.34. The molecule has 5 unspecified atom stereocenters. The van der Waals surface area contributed by atoms with Crippen molar-refractivity contribution in [1.29, 1.82) is 0 Å². The van der Waals surface area contributed by atoms with Crippen LogP contribution in [0.3, 0.4) is 0 Å². The van der Waals surface area contributed by atoms with Gasteiger partial charge in [-0.3, -0.25) is 4.79 Å². The van der Waals surface area contributed by atoms with Gasteiger partial charge in [0, 0.05) is 18.2 Å². The topological polar surface area (TPSA) is 148 Å². The maximum absolute atomic E-state index is 11.8. The van der Waals surface area contributed by atoms with E-state index in [-0.39, 0.29) is 5.91 Å². The van der Waals surface area contributed by atoms with E-state index in [0.29, 0.717) is 33.5 Å². The third-order valence-corrected chi connectivity index (χ3v) is 5.35. The zero-order chi connectivity index (χ0) is 21.4. The quantitative estimate of drug-likeness (QED) is 0.355. The Labute approximate surface area is 172 Å². The Hall–Kier alpha value is -2.82. The number of aliphatic hydroxyl groups excluding tert-OH is 4. The molecule has 158 valence electrons. The monoisotopic (exact) mass is 413 g/mol. The number of imidazole rings is 1. The molecule has 4 rings (SSSR count). The summed E-state index contributed by atoms with van der Waals surface area (Å²) in [5.41, 5.74) is 3.17. The van der Waals surface area contributed by atoms with Gasteiger partial charge in [-0.2, -0.15) is 0 Å². The number of fused-ring (bicyclic) bond motifs is 1. The first-order valence-corrected chi connectivity index (χ1v) is 9.55. The number of aromatic amines is 1. The average Bonchev–Trinajstić information content (AvgIpc) is 3.21. The van der Waals surface area contributed by atoms with Gasteiger partial charge in [0.1, 0.15) is 36.3 Å². The fourth-order valence-electron chi connectivity index (χ4n) is 3.67.